The molecule has 0 bridgehead atoms. The van der Waals surface area contributed by atoms with E-state index in [9.17, 15) is 23.2 Å². The molecule has 12 nitrogen and oxygen atoms in total. The maximum Gasteiger partial charge on any atom is 0.272 e. The number of nitrogens with zero attached hydrogens (tertiary/aromatic N) is 6. The Morgan fingerprint density at radius 1 is 1.08 bits per heavy atom. The average Bonchev–Trinajstić information content (AvgIpc) is 3.76. The summed E-state index contributed by atoms with van der Waals surface area (Å²) < 4.78 is 34.0. The van der Waals surface area contributed by atoms with Crippen LogP contribution in [0.25, 0.3) is 5.69 Å². The summed E-state index contributed by atoms with van der Waals surface area (Å²) in [7, 11) is 0. The number of hydrogen-bond donors (Lipinski definition) is 2. The van der Waals surface area contributed by atoms with E-state index in [4.69, 9.17) is 4.74 Å². The number of amides is 3. The fraction of sp³-hybridized carbons (Fsp3) is 0.343. The summed E-state index contributed by atoms with van der Waals surface area (Å²) in [4.78, 5) is 44.4. The highest BCUT2D eigenvalue weighted by atomic mass is 19.3. The number of halogens is 2. The molecule has 0 aliphatic carbocycles. The maximum absolute atomic E-state index is 14.3. The van der Waals surface area contributed by atoms with Gasteiger partial charge in [0.25, 0.3) is 18.2 Å². The van der Waals surface area contributed by atoms with Crippen LogP contribution in [0.15, 0.2) is 85.2 Å². The van der Waals surface area contributed by atoms with Crippen LogP contribution in [0, 0.1) is 0 Å². The zero-order chi connectivity index (χ0) is 34.5. The van der Waals surface area contributed by atoms with E-state index in [2.05, 4.69) is 32.3 Å². The Morgan fingerprint density at radius 3 is 2.59 bits per heavy atom. The Morgan fingerprint density at radius 2 is 1.86 bits per heavy atom. The van der Waals surface area contributed by atoms with Gasteiger partial charge in [0, 0.05) is 56.0 Å². The number of carbonyl (C=O) groups is 3. The second-order valence-corrected chi connectivity index (χ2v) is 11.9. The van der Waals surface area contributed by atoms with Crippen molar-refractivity contribution >= 4 is 23.5 Å². The van der Waals surface area contributed by atoms with Crippen LogP contribution in [0.1, 0.15) is 40.0 Å². The first kappa shape index (κ1) is 33.7. The minimum Gasteiger partial charge on any atom is -0.379 e. The van der Waals surface area contributed by atoms with E-state index >= 15 is 0 Å². The number of hydrogen-bond acceptors (Lipinski definition) is 7. The number of likely N-dealkylation sites (N-methyl/N-ethyl adjacent to an activating group) is 1. The fourth-order valence-corrected chi connectivity index (χ4v) is 6.27. The summed E-state index contributed by atoms with van der Waals surface area (Å²) in [5.74, 6) is -1.40. The van der Waals surface area contributed by atoms with Crippen LogP contribution >= 0.6 is 0 Å². The van der Waals surface area contributed by atoms with Crippen molar-refractivity contribution in [2.45, 2.75) is 38.4 Å². The topological polar surface area (TPSA) is 127 Å². The SMILES string of the molecule is C=C(CN1CCOCC1)C(=O)NCc1cccc([C@@H]2c3cnn(-c4ccccc4)c3N(CC)C(=O)[C@H]2NC(=O)c2ccn(CC(F)F)n2)c1. The van der Waals surface area contributed by atoms with Gasteiger partial charge in [-0.1, -0.05) is 49.0 Å². The molecule has 14 heteroatoms. The predicted molar refractivity (Wildman–Crippen MR) is 178 cm³/mol. The first-order valence-electron chi connectivity index (χ1n) is 16.2. The molecule has 0 saturated carbocycles. The van der Waals surface area contributed by atoms with Crippen molar-refractivity contribution in [2.24, 2.45) is 0 Å². The zero-order valence-electron chi connectivity index (χ0n) is 27.1. The third kappa shape index (κ3) is 7.44. The van der Waals surface area contributed by atoms with Crippen LogP contribution in [0.5, 0.6) is 0 Å². The van der Waals surface area contributed by atoms with Crippen LogP contribution in [0.4, 0.5) is 14.6 Å². The third-order valence-electron chi connectivity index (χ3n) is 8.63. The number of nitrogens with one attached hydrogen (secondary N) is 2. The van der Waals surface area contributed by atoms with Crippen molar-refractivity contribution < 1.29 is 27.9 Å². The lowest BCUT2D eigenvalue weighted by molar-refractivity contribution is -0.121. The van der Waals surface area contributed by atoms with Crippen LogP contribution in [-0.2, 0) is 27.4 Å². The summed E-state index contributed by atoms with van der Waals surface area (Å²) in [6, 6.07) is 17.2. The van der Waals surface area contributed by atoms with E-state index in [0.29, 0.717) is 48.8 Å². The van der Waals surface area contributed by atoms with Crippen molar-refractivity contribution in [3.63, 3.8) is 0 Å². The van der Waals surface area contributed by atoms with Gasteiger partial charge in [0.1, 0.15) is 24.1 Å². The molecule has 1 saturated heterocycles. The summed E-state index contributed by atoms with van der Waals surface area (Å²) >= 11 is 0. The van der Waals surface area contributed by atoms with Gasteiger partial charge in [0.2, 0.25) is 5.91 Å². The van der Waals surface area contributed by atoms with Gasteiger partial charge < -0.3 is 15.4 Å². The standard InChI is InChI=1S/C35H38F2N8O4/c1-3-44-34-27(20-39-45(34)26-10-5-4-6-11-26)30(31(35(44)48)40-33(47)28-12-13-43(41-28)22-29(36)37)25-9-7-8-24(18-25)19-38-32(46)23(2)21-42-14-16-49-17-15-42/h4-13,18,20,29-31H,2-3,14-17,19,21-22H2,1H3,(H,38,46)(H,40,47)/t30-,31+/m1/s1. The molecule has 2 aliphatic heterocycles. The number of aromatic nitrogens is 4. The number of fused-ring (bicyclic) bond motifs is 1. The Labute approximate surface area is 282 Å². The lowest BCUT2D eigenvalue weighted by Crippen LogP contribution is -2.55. The number of ether oxygens (including phenoxy) is 1. The van der Waals surface area contributed by atoms with Crippen molar-refractivity contribution in [1.29, 1.82) is 0 Å². The Kier molecular flexibility index (Phi) is 10.3. The molecule has 256 valence electrons. The molecule has 49 heavy (non-hydrogen) atoms. The largest absolute Gasteiger partial charge is 0.379 e. The number of benzene rings is 2. The molecule has 3 amide bonds. The number of anilines is 1. The molecule has 0 radical (unpaired) electrons. The molecule has 4 heterocycles. The van der Waals surface area contributed by atoms with Gasteiger partial charge in [-0.05, 0) is 36.2 Å². The lowest BCUT2D eigenvalue weighted by Gasteiger charge is -2.38. The molecule has 2 aromatic heterocycles. The third-order valence-corrected chi connectivity index (χ3v) is 8.63. The minimum absolute atomic E-state index is 0.0882. The molecule has 2 aliphatic rings. The summed E-state index contributed by atoms with van der Waals surface area (Å²) in [6.07, 6.45) is 0.357. The smallest absolute Gasteiger partial charge is 0.272 e. The molecule has 0 spiro atoms. The van der Waals surface area contributed by atoms with Gasteiger partial charge in [-0.2, -0.15) is 10.2 Å². The summed E-state index contributed by atoms with van der Waals surface area (Å²) in [5, 5.41) is 14.5. The Hall–Kier alpha value is -5.21. The number of morpholine rings is 1. The van der Waals surface area contributed by atoms with Crippen molar-refractivity contribution in [2.75, 3.05) is 44.3 Å². The first-order valence-corrected chi connectivity index (χ1v) is 16.2. The van der Waals surface area contributed by atoms with Gasteiger partial charge in [-0.3, -0.25) is 28.9 Å². The second-order valence-electron chi connectivity index (χ2n) is 11.9. The molecular formula is C35H38F2N8O4. The highest BCUT2D eigenvalue weighted by molar-refractivity contribution is 6.04. The quantitative estimate of drug-likeness (QED) is 0.222. The summed E-state index contributed by atoms with van der Waals surface area (Å²) in [5.41, 5.74) is 3.32. The highest BCUT2D eigenvalue weighted by Gasteiger charge is 2.44. The van der Waals surface area contributed by atoms with Gasteiger partial charge >= 0.3 is 0 Å². The molecule has 2 N–H and O–H groups in total. The Bertz CT molecular complexity index is 1820. The number of carbonyl (C=O) groups excluding carboxylic acids is 3. The highest BCUT2D eigenvalue weighted by Crippen LogP contribution is 2.41. The minimum atomic E-state index is -2.64. The van der Waals surface area contributed by atoms with Crippen LogP contribution in [-0.4, -0.2) is 94.0 Å². The van der Waals surface area contributed by atoms with Gasteiger partial charge in [0.15, 0.2) is 0 Å². The zero-order valence-corrected chi connectivity index (χ0v) is 27.1. The number of para-hydroxylation sites is 1. The Balaban J connectivity index is 1.31. The number of rotatable bonds is 12. The van der Waals surface area contributed by atoms with E-state index in [-0.39, 0.29) is 24.1 Å². The summed E-state index contributed by atoms with van der Waals surface area (Å²) in [6.45, 7) is 8.84. The van der Waals surface area contributed by atoms with Crippen molar-refractivity contribution in [3.05, 3.63) is 108 Å². The van der Waals surface area contributed by atoms with Crippen molar-refractivity contribution in [3.8, 4) is 5.69 Å². The van der Waals surface area contributed by atoms with E-state index in [0.717, 1.165) is 29.0 Å². The van der Waals surface area contributed by atoms with Crippen LogP contribution in [0.2, 0.25) is 0 Å². The van der Waals surface area contributed by atoms with Gasteiger partial charge in [-0.15, -0.1) is 0 Å². The first-order chi connectivity index (χ1) is 23.7. The normalized spacial score (nSPS) is 18.0. The average molecular weight is 673 g/mol. The molecule has 2 aromatic carbocycles. The molecule has 2 atom stereocenters. The maximum atomic E-state index is 14.3. The van der Waals surface area contributed by atoms with Gasteiger partial charge in [0.05, 0.1) is 25.1 Å². The van der Waals surface area contributed by atoms with E-state index < -0.39 is 30.8 Å². The van der Waals surface area contributed by atoms with E-state index in [1.165, 1.54) is 12.3 Å². The monoisotopic (exact) mass is 672 g/mol. The molecule has 0 unspecified atom stereocenters. The second kappa shape index (κ2) is 14.9. The van der Waals surface area contributed by atoms with Gasteiger partial charge in [-0.25, -0.2) is 13.5 Å². The lowest BCUT2D eigenvalue weighted by atomic mass is 9.82. The van der Waals surface area contributed by atoms with Crippen LogP contribution < -0.4 is 15.5 Å². The van der Waals surface area contributed by atoms with E-state index in [1.807, 2.05) is 61.5 Å². The molecule has 4 aromatic rings. The van der Waals surface area contributed by atoms with Crippen LogP contribution in [0.3, 0.4) is 0 Å². The fourth-order valence-electron chi connectivity index (χ4n) is 6.27. The molecule has 6 rings (SSSR count). The number of alkyl halides is 2. The van der Waals surface area contributed by atoms with E-state index in [1.54, 1.807) is 15.8 Å². The van der Waals surface area contributed by atoms with Crippen molar-refractivity contribution in [1.82, 2.24) is 35.1 Å². The predicted octanol–water partition coefficient (Wildman–Crippen LogP) is 3.14. The molecule has 1 fully saturated rings. The molecular weight excluding hydrogens is 634 g/mol.